The molecule has 0 amide bonds. The maximum Gasteiger partial charge on any atom is 0.131 e. The molecule has 1 unspecified atom stereocenters. The first-order valence-corrected chi connectivity index (χ1v) is 3.99. The van der Waals surface area contributed by atoms with Crippen LogP contribution in [0, 0.1) is 0 Å². The zero-order valence-corrected chi connectivity index (χ0v) is 7.26. The lowest BCUT2D eigenvalue weighted by molar-refractivity contribution is -0.118. The average molecular weight is 156 g/mol. The molecule has 1 fully saturated rings. The lowest BCUT2D eigenvalue weighted by atomic mass is 9.94. The van der Waals surface area contributed by atoms with Crippen LogP contribution in [0.3, 0.4) is 0 Å². The van der Waals surface area contributed by atoms with Crippen LogP contribution in [0.25, 0.3) is 0 Å². The van der Waals surface area contributed by atoms with Crippen LogP contribution in [-0.4, -0.2) is 36.4 Å². The highest BCUT2D eigenvalue weighted by Crippen LogP contribution is 2.20. The molecule has 3 heteroatoms. The van der Waals surface area contributed by atoms with E-state index in [1.54, 1.807) is 6.92 Å². The first kappa shape index (κ1) is 8.68. The number of hydrogen-bond acceptors (Lipinski definition) is 3. The molecule has 1 saturated heterocycles. The number of nitrogens with two attached hydrogens (primary N) is 1. The molecule has 0 aliphatic carbocycles. The van der Waals surface area contributed by atoms with Gasteiger partial charge in [-0.2, -0.15) is 0 Å². The topological polar surface area (TPSA) is 46.3 Å². The van der Waals surface area contributed by atoms with Crippen molar-refractivity contribution in [2.75, 3.05) is 20.1 Å². The quantitative estimate of drug-likeness (QED) is 0.612. The Hall–Kier alpha value is -0.410. The van der Waals surface area contributed by atoms with Crippen LogP contribution < -0.4 is 5.73 Å². The van der Waals surface area contributed by atoms with Gasteiger partial charge in [-0.15, -0.1) is 0 Å². The number of rotatable bonds is 2. The highest BCUT2D eigenvalue weighted by atomic mass is 16.1. The standard InChI is InChI=1S/C8H16N2O/c1-7(11)5-8(9)3-4-10(2)6-8/h3-6,9H2,1-2H3. The van der Waals surface area contributed by atoms with Gasteiger partial charge in [-0.1, -0.05) is 0 Å². The predicted molar refractivity (Wildman–Crippen MR) is 44.3 cm³/mol. The van der Waals surface area contributed by atoms with Crippen molar-refractivity contribution in [2.24, 2.45) is 5.73 Å². The number of nitrogens with zero attached hydrogens (tertiary/aromatic N) is 1. The van der Waals surface area contributed by atoms with Gasteiger partial charge in [0.1, 0.15) is 5.78 Å². The minimum Gasteiger partial charge on any atom is -0.324 e. The summed E-state index contributed by atoms with van der Waals surface area (Å²) >= 11 is 0. The number of carbonyl (C=O) groups is 1. The van der Waals surface area contributed by atoms with E-state index in [9.17, 15) is 4.79 Å². The van der Waals surface area contributed by atoms with Gasteiger partial charge in [0.15, 0.2) is 0 Å². The molecule has 1 heterocycles. The molecule has 3 nitrogen and oxygen atoms in total. The minimum atomic E-state index is -0.236. The van der Waals surface area contributed by atoms with E-state index in [-0.39, 0.29) is 11.3 Å². The van der Waals surface area contributed by atoms with E-state index in [0.29, 0.717) is 6.42 Å². The van der Waals surface area contributed by atoms with Gasteiger partial charge in [-0.25, -0.2) is 0 Å². The van der Waals surface area contributed by atoms with Gasteiger partial charge in [-0.3, -0.25) is 4.79 Å². The summed E-state index contributed by atoms with van der Waals surface area (Å²) in [5.74, 6) is 0.197. The highest BCUT2D eigenvalue weighted by molar-refractivity contribution is 5.76. The first-order valence-electron chi connectivity index (χ1n) is 3.99. The Bertz CT molecular complexity index is 169. The second-order valence-electron chi connectivity index (χ2n) is 3.73. The molecule has 64 valence electrons. The Morgan fingerprint density at radius 1 is 1.73 bits per heavy atom. The monoisotopic (exact) mass is 156 g/mol. The van der Waals surface area contributed by atoms with E-state index < -0.39 is 0 Å². The van der Waals surface area contributed by atoms with Crippen molar-refractivity contribution in [3.05, 3.63) is 0 Å². The Balaban J connectivity index is 2.48. The normalized spacial score (nSPS) is 32.6. The van der Waals surface area contributed by atoms with E-state index in [2.05, 4.69) is 4.90 Å². The number of carbonyl (C=O) groups excluding carboxylic acids is 1. The maximum absolute atomic E-state index is 10.8. The number of hydrogen-bond donors (Lipinski definition) is 1. The van der Waals surface area contributed by atoms with E-state index in [1.165, 1.54) is 0 Å². The second-order valence-corrected chi connectivity index (χ2v) is 3.73. The maximum atomic E-state index is 10.8. The molecular weight excluding hydrogens is 140 g/mol. The Morgan fingerprint density at radius 3 is 2.73 bits per heavy atom. The lowest BCUT2D eigenvalue weighted by Gasteiger charge is -2.21. The number of likely N-dealkylation sites (tertiary alicyclic amines) is 1. The molecule has 0 aromatic heterocycles. The second kappa shape index (κ2) is 2.91. The number of ketones is 1. The van der Waals surface area contributed by atoms with Crippen LogP contribution in [0.5, 0.6) is 0 Å². The molecule has 0 aromatic rings. The number of likely N-dealkylation sites (N-methyl/N-ethyl adjacent to an activating group) is 1. The van der Waals surface area contributed by atoms with E-state index >= 15 is 0 Å². The molecule has 0 spiro atoms. The first-order chi connectivity index (χ1) is 5.02. The fourth-order valence-corrected chi connectivity index (χ4v) is 1.75. The summed E-state index contributed by atoms with van der Waals surface area (Å²) < 4.78 is 0. The molecular formula is C8H16N2O. The van der Waals surface area contributed by atoms with Crippen LogP contribution in [0.4, 0.5) is 0 Å². The van der Waals surface area contributed by atoms with Crippen molar-refractivity contribution in [1.29, 1.82) is 0 Å². The smallest absolute Gasteiger partial charge is 0.131 e. The fraction of sp³-hybridized carbons (Fsp3) is 0.875. The van der Waals surface area contributed by atoms with Gasteiger partial charge in [-0.05, 0) is 26.9 Å². The summed E-state index contributed by atoms with van der Waals surface area (Å²) in [7, 11) is 2.04. The van der Waals surface area contributed by atoms with Gasteiger partial charge >= 0.3 is 0 Å². The molecule has 11 heavy (non-hydrogen) atoms. The Morgan fingerprint density at radius 2 is 2.36 bits per heavy atom. The molecule has 0 aromatic carbocycles. The largest absolute Gasteiger partial charge is 0.324 e. The summed E-state index contributed by atoms with van der Waals surface area (Å²) in [6.07, 6.45) is 1.47. The highest BCUT2D eigenvalue weighted by Gasteiger charge is 2.33. The Kier molecular flexibility index (Phi) is 2.30. The minimum absolute atomic E-state index is 0.197. The van der Waals surface area contributed by atoms with Gasteiger partial charge in [0.05, 0.1) is 0 Å². The summed E-state index contributed by atoms with van der Waals surface area (Å²) in [5.41, 5.74) is 5.75. The van der Waals surface area contributed by atoms with Crippen molar-refractivity contribution < 1.29 is 4.79 Å². The van der Waals surface area contributed by atoms with Gasteiger partial charge in [0, 0.05) is 18.5 Å². The Labute approximate surface area is 67.5 Å². The number of Topliss-reactive ketones (excluding diaryl/α,β-unsaturated/α-hetero) is 1. The molecule has 1 atom stereocenters. The third kappa shape index (κ3) is 2.27. The predicted octanol–water partition coefficient (Wildman–Crippen LogP) is -0.00150. The summed E-state index contributed by atoms with van der Waals surface area (Å²) in [4.78, 5) is 13.0. The van der Waals surface area contributed by atoms with Gasteiger partial charge in [0.25, 0.3) is 0 Å². The zero-order chi connectivity index (χ0) is 8.48. The summed E-state index contributed by atoms with van der Waals surface area (Å²) in [6.45, 7) is 3.48. The van der Waals surface area contributed by atoms with E-state index in [4.69, 9.17) is 5.73 Å². The molecule has 1 aliphatic heterocycles. The fourth-order valence-electron chi connectivity index (χ4n) is 1.75. The van der Waals surface area contributed by atoms with Crippen LogP contribution in [0.2, 0.25) is 0 Å². The van der Waals surface area contributed by atoms with E-state index in [0.717, 1.165) is 19.5 Å². The van der Waals surface area contributed by atoms with Crippen LogP contribution in [0.15, 0.2) is 0 Å². The molecule has 0 saturated carbocycles. The third-order valence-electron chi connectivity index (χ3n) is 2.18. The molecule has 1 rings (SSSR count). The van der Waals surface area contributed by atoms with Crippen molar-refractivity contribution in [3.63, 3.8) is 0 Å². The molecule has 1 aliphatic rings. The third-order valence-corrected chi connectivity index (χ3v) is 2.18. The van der Waals surface area contributed by atoms with Gasteiger partial charge < -0.3 is 10.6 Å². The van der Waals surface area contributed by atoms with Crippen molar-refractivity contribution in [2.45, 2.75) is 25.3 Å². The average Bonchev–Trinajstić information content (AvgIpc) is 2.08. The molecule has 2 N–H and O–H groups in total. The van der Waals surface area contributed by atoms with Crippen LogP contribution in [0.1, 0.15) is 19.8 Å². The van der Waals surface area contributed by atoms with Crippen molar-refractivity contribution in [1.82, 2.24) is 4.90 Å². The van der Waals surface area contributed by atoms with Crippen molar-refractivity contribution in [3.8, 4) is 0 Å². The van der Waals surface area contributed by atoms with Crippen LogP contribution in [-0.2, 0) is 4.79 Å². The molecule has 0 bridgehead atoms. The molecule has 0 radical (unpaired) electrons. The summed E-state index contributed by atoms with van der Waals surface area (Å²) in [6, 6.07) is 0. The van der Waals surface area contributed by atoms with E-state index in [1.807, 2.05) is 7.05 Å². The van der Waals surface area contributed by atoms with Crippen molar-refractivity contribution >= 4 is 5.78 Å². The van der Waals surface area contributed by atoms with Crippen LogP contribution >= 0.6 is 0 Å². The lowest BCUT2D eigenvalue weighted by Crippen LogP contribution is -2.43. The zero-order valence-electron chi connectivity index (χ0n) is 7.26. The van der Waals surface area contributed by atoms with Gasteiger partial charge in [0.2, 0.25) is 0 Å². The summed E-state index contributed by atoms with van der Waals surface area (Å²) in [5, 5.41) is 0. The SMILES string of the molecule is CC(=O)CC1(N)CCN(C)C1.